The van der Waals surface area contributed by atoms with Gasteiger partial charge in [0.05, 0.1) is 12.7 Å². The van der Waals surface area contributed by atoms with Crippen molar-refractivity contribution in [2.45, 2.75) is 39.0 Å². The fourth-order valence-corrected chi connectivity index (χ4v) is 3.39. The van der Waals surface area contributed by atoms with Crippen LogP contribution in [-0.2, 0) is 17.9 Å². The van der Waals surface area contributed by atoms with Crippen LogP contribution in [0.2, 0.25) is 0 Å². The van der Waals surface area contributed by atoms with Gasteiger partial charge >= 0.3 is 0 Å². The topological polar surface area (TPSA) is 39.7 Å². The molecule has 1 N–H and O–H groups in total. The summed E-state index contributed by atoms with van der Waals surface area (Å²) in [4.78, 5) is 1.21. The summed E-state index contributed by atoms with van der Waals surface area (Å²) >= 11 is 1.70. The third-order valence-corrected chi connectivity index (χ3v) is 4.83. The highest BCUT2D eigenvalue weighted by Crippen LogP contribution is 2.29. The van der Waals surface area contributed by atoms with Crippen LogP contribution in [-0.4, -0.2) is 25.9 Å². The van der Waals surface area contributed by atoms with Gasteiger partial charge in [-0.1, -0.05) is 12.1 Å². The van der Waals surface area contributed by atoms with E-state index < -0.39 is 0 Å². The maximum Gasteiger partial charge on any atom is 0.161 e. The molecule has 1 unspecified atom stereocenters. The van der Waals surface area contributed by atoms with E-state index in [1.807, 2.05) is 19.1 Å². The molecule has 3 rings (SSSR count). The van der Waals surface area contributed by atoms with E-state index in [0.717, 1.165) is 37.6 Å². The summed E-state index contributed by atoms with van der Waals surface area (Å²) in [5.74, 6) is 1.61. The Kier molecular flexibility index (Phi) is 6.52. The van der Waals surface area contributed by atoms with Crippen LogP contribution >= 0.6 is 11.3 Å². The summed E-state index contributed by atoms with van der Waals surface area (Å²) in [6.07, 6.45) is 2.70. The Morgan fingerprint density at radius 3 is 2.96 bits per heavy atom. The van der Waals surface area contributed by atoms with Crippen molar-refractivity contribution in [3.05, 3.63) is 46.2 Å². The Labute approximate surface area is 147 Å². The molecule has 24 heavy (non-hydrogen) atoms. The van der Waals surface area contributed by atoms with Crippen LogP contribution in [0.4, 0.5) is 0 Å². The molecule has 5 heteroatoms. The highest BCUT2D eigenvalue weighted by Gasteiger charge is 2.14. The van der Waals surface area contributed by atoms with E-state index in [1.54, 1.807) is 11.3 Å². The van der Waals surface area contributed by atoms with Crippen LogP contribution in [0.5, 0.6) is 11.5 Å². The fourth-order valence-electron chi connectivity index (χ4n) is 2.78. The number of hydrogen-bond donors (Lipinski definition) is 1. The van der Waals surface area contributed by atoms with Crippen molar-refractivity contribution >= 4 is 11.3 Å². The van der Waals surface area contributed by atoms with Gasteiger partial charge in [-0.25, -0.2) is 0 Å². The van der Waals surface area contributed by atoms with Gasteiger partial charge in [0.1, 0.15) is 6.61 Å². The van der Waals surface area contributed by atoms with Crippen LogP contribution in [0, 0.1) is 0 Å². The molecule has 1 saturated heterocycles. The summed E-state index contributed by atoms with van der Waals surface area (Å²) < 4.78 is 17.3. The summed E-state index contributed by atoms with van der Waals surface area (Å²) in [6.45, 7) is 5.81. The molecule has 0 amide bonds. The highest BCUT2D eigenvalue weighted by atomic mass is 32.1. The van der Waals surface area contributed by atoms with E-state index in [0.29, 0.717) is 19.3 Å². The van der Waals surface area contributed by atoms with Gasteiger partial charge in [0.25, 0.3) is 0 Å². The van der Waals surface area contributed by atoms with Gasteiger partial charge in [-0.15, -0.1) is 11.3 Å². The standard InChI is InChI=1S/C19H25NO3S/c1-2-21-19-11-15(12-20-13-16-5-3-9-22-16)7-8-18(19)23-14-17-6-4-10-24-17/h4,6-8,10-11,16,20H,2-3,5,9,12-14H2,1H3. The molecule has 0 radical (unpaired) electrons. The lowest BCUT2D eigenvalue weighted by atomic mass is 10.2. The smallest absolute Gasteiger partial charge is 0.161 e. The maximum atomic E-state index is 5.92. The lowest BCUT2D eigenvalue weighted by molar-refractivity contribution is 0.110. The van der Waals surface area contributed by atoms with Crippen molar-refractivity contribution in [3.8, 4) is 11.5 Å². The van der Waals surface area contributed by atoms with Crippen LogP contribution in [0.25, 0.3) is 0 Å². The molecule has 2 heterocycles. The van der Waals surface area contributed by atoms with E-state index in [1.165, 1.54) is 16.9 Å². The van der Waals surface area contributed by atoms with Gasteiger partial charge in [-0.3, -0.25) is 0 Å². The van der Waals surface area contributed by atoms with E-state index in [4.69, 9.17) is 14.2 Å². The molecule has 0 spiro atoms. The second kappa shape index (κ2) is 9.06. The van der Waals surface area contributed by atoms with Crippen LogP contribution < -0.4 is 14.8 Å². The molecule has 1 aliphatic rings. The van der Waals surface area contributed by atoms with Crippen molar-refractivity contribution in [2.24, 2.45) is 0 Å². The number of nitrogens with one attached hydrogen (secondary N) is 1. The van der Waals surface area contributed by atoms with Crippen molar-refractivity contribution in [3.63, 3.8) is 0 Å². The Morgan fingerprint density at radius 1 is 1.25 bits per heavy atom. The predicted octanol–water partition coefficient (Wildman–Crippen LogP) is 3.99. The number of ether oxygens (including phenoxy) is 3. The second-order valence-electron chi connectivity index (χ2n) is 5.85. The van der Waals surface area contributed by atoms with E-state index in [9.17, 15) is 0 Å². The van der Waals surface area contributed by atoms with Gasteiger partial charge in [0.2, 0.25) is 0 Å². The Hall–Kier alpha value is -1.56. The maximum absolute atomic E-state index is 5.92. The molecule has 130 valence electrons. The molecular weight excluding hydrogens is 322 g/mol. The summed E-state index contributed by atoms with van der Waals surface area (Å²) in [6, 6.07) is 10.3. The SMILES string of the molecule is CCOc1cc(CNCC2CCCO2)ccc1OCc1cccs1. The van der Waals surface area contributed by atoms with Crippen molar-refractivity contribution < 1.29 is 14.2 Å². The molecule has 0 aliphatic carbocycles. The van der Waals surface area contributed by atoms with Crippen molar-refractivity contribution in [1.82, 2.24) is 5.32 Å². The fraction of sp³-hybridized carbons (Fsp3) is 0.474. The average Bonchev–Trinajstić information content (AvgIpc) is 3.28. The lowest BCUT2D eigenvalue weighted by Crippen LogP contribution is -2.25. The number of benzene rings is 1. The molecule has 0 bridgehead atoms. The molecule has 1 aromatic carbocycles. The summed E-state index contributed by atoms with van der Waals surface area (Å²) in [5.41, 5.74) is 1.19. The van der Waals surface area contributed by atoms with Gasteiger partial charge in [-0.05, 0) is 48.9 Å². The van der Waals surface area contributed by atoms with Crippen LogP contribution in [0.15, 0.2) is 35.7 Å². The third kappa shape index (κ3) is 4.97. The largest absolute Gasteiger partial charge is 0.490 e. The average molecular weight is 347 g/mol. The summed E-state index contributed by atoms with van der Waals surface area (Å²) in [5, 5.41) is 5.53. The first-order valence-corrected chi connectivity index (χ1v) is 9.46. The number of rotatable bonds is 9. The first kappa shape index (κ1) is 17.3. The normalized spacial score (nSPS) is 17.1. The monoisotopic (exact) mass is 347 g/mol. The van der Waals surface area contributed by atoms with Crippen molar-refractivity contribution in [2.75, 3.05) is 19.8 Å². The molecule has 1 aromatic heterocycles. The van der Waals surface area contributed by atoms with Crippen molar-refractivity contribution in [1.29, 1.82) is 0 Å². The molecule has 1 atom stereocenters. The minimum Gasteiger partial charge on any atom is -0.490 e. The molecule has 0 saturated carbocycles. The first-order valence-electron chi connectivity index (χ1n) is 8.58. The zero-order valence-electron chi connectivity index (χ0n) is 14.1. The minimum atomic E-state index is 0.366. The molecule has 4 nitrogen and oxygen atoms in total. The Balaban J connectivity index is 1.56. The van der Waals surface area contributed by atoms with Gasteiger partial charge in [0.15, 0.2) is 11.5 Å². The quantitative estimate of drug-likeness (QED) is 0.744. The molecule has 1 fully saturated rings. The van der Waals surface area contributed by atoms with Crippen LogP contribution in [0.3, 0.4) is 0 Å². The zero-order valence-corrected chi connectivity index (χ0v) is 14.9. The lowest BCUT2D eigenvalue weighted by Gasteiger charge is -2.14. The van der Waals surface area contributed by atoms with Gasteiger partial charge < -0.3 is 19.5 Å². The van der Waals surface area contributed by atoms with E-state index in [-0.39, 0.29) is 0 Å². The second-order valence-corrected chi connectivity index (χ2v) is 6.88. The van der Waals surface area contributed by atoms with Gasteiger partial charge in [0, 0.05) is 24.6 Å². The first-order chi connectivity index (χ1) is 11.8. The highest BCUT2D eigenvalue weighted by molar-refractivity contribution is 7.09. The number of hydrogen-bond acceptors (Lipinski definition) is 5. The third-order valence-electron chi connectivity index (χ3n) is 3.98. The number of thiophene rings is 1. The Bertz CT molecular complexity index is 609. The van der Waals surface area contributed by atoms with E-state index in [2.05, 4.69) is 28.9 Å². The zero-order chi connectivity index (χ0) is 16.6. The Morgan fingerprint density at radius 2 is 2.21 bits per heavy atom. The minimum absolute atomic E-state index is 0.366. The molecule has 2 aromatic rings. The molecule has 1 aliphatic heterocycles. The van der Waals surface area contributed by atoms with E-state index >= 15 is 0 Å². The van der Waals surface area contributed by atoms with Gasteiger partial charge in [-0.2, -0.15) is 0 Å². The molecular formula is C19H25NO3S. The van der Waals surface area contributed by atoms with Crippen LogP contribution in [0.1, 0.15) is 30.2 Å². The summed E-state index contributed by atoms with van der Waals surface area (Å²) in [7, 11) is 0. The predicted molar refractivity (Wildman–Crippen MR) is 96.9 cm³/mol.